The molecule has 6 heteroatoms. The number of nitrogens with zero attached hydrogens (tertiary/aromatic N) is 5. The maximum Gasteiger partial charge on any atom is 2.00 e. The Labute approximate surface area is 317 Å². The molecule has 2 aliphatic rings. The molecule has 0 fully saturated rings. The molecule has 0 saturated heterocycles. The van der Waals surface area contributed by atoms with Gasteiger partial charge in [-0.3, -0.25) is 0 Å². The number of aromatic nitrogens is 5. The van der Waals surface area contributed by atoms with Crippen LogP contribution in [0.1, 0.15) is 11.4 Å². The molecule has 0 amide bonds. The Hall–Kier alpha value is -6.49. The van der Waals surface area contributed by atoms with E-state index in [1.54, 1.807) is 0 Å². The predicted molar refractivity (Wildman–Crippen MR) is 213 cm³/mol. The van der Waals surface area contributed by atoms with Gasteiger partial charge in [0.1, 0.15) is 0 Å². The second-order valence-electron chi connectivity index (χ2n) is 13.2. The molecule has 0 spiro atoms. The summed E-state index contributed by atoms with van der Waals surface area (Å²) in [4.78, 5) is 21.8. The van der Waals surface area contributed by atoms with Gasteiger partial charge in [0.25, 0.3) is 0 Å². The summed E-state index contributed by atoms with van der Waals surface area (Å²) in [6.45, 7) is 0. The van der Waals surface area contributed by atoms with Crippen molar-refractivity contribution in [1.29, 1.82) is 0 Å². The third kappa shape index (κ3) is 5.56. The Kier molecular flexibility index (Phi) is 8.10. The van der Waals surface area contributed by atoms with E-state index in [0.717, 1.165) is 100 Å². The van der Waals surface area contributed by atoms with Crippen LogP contribution in [0.5, 0.6) is 0 Å². The first kappa shape index (κ1) is 32.4. The fraction of sp³-hybridized carbons (Fsp3) is 0.0213. The van der Waals surface area contributed by atoms with E-state index < -0.39 is 0 Å². The van der Waals surface area contributed by atoms with Crippen LogP contribution in [0.15, 0.2) is 158 Å². The van der Waals surface area contributed by atoms with Crippen LogP contribution in [0.2, 0.25) is 0 Å². The van der Waals surface area contributed by atoms with Crippen LogP contribution in [0.25, 0.3) is 101 Å². The summed E-state index contributed by atoms with van der Waals surface area (Å²) in [6.07, 6.45) is 8.57. The van der Waals surface area contributed by atoms with Crippen LogP contribution in [0.4, 0.5) is 0 Å². The first-order valence-corrected chi connectivity index (χ1v) is 17.5. The van der Waals surface area contributed by atoms with Gasteiger partial charge in [0, 0.05) is 30.6 Å². The van der Waals surface area contributed by atoms with E-state index in [1.807, 2.05) is 24.3 Å². The zero-order valence-corrected chi connectivity index (χ0v) is 29.7. The summed E-state index contributed by atoms with van der Waals surface area (Å²) in [6, 6.07) is 50.3. The fourth-order valence-corrected chi connectivity index (χ4v) is 7.58. The molecule has 0 unspecified atom stereocenters. The van der Waals surface area contributed by atoms with Gasteiger partial charge in [0.2, 0.25) is 0 Å². The van der Waals surface area contributed by atoms with Crippen LogP contribution in [-0.4, -0.2) is 14.5 Å². The zero-order valence-electron chi connectivity index (χ0n) is 28.7. The van der Waals surface area contributed by atoms with Crippen molar-refractivity contribution in [2.24, 2.45) is 7.05 Å². The van der Waals surface area contributed by atoms with Crippen LogP contribution in [0.3, 0.4) is 0 Å². The molecule has 8 aromatic rings. The molecule has 5 nitrogen and oxygen atoms in total. The molecule has 254 valence electrons. The Balaban J connectivity index is 0.00000372. The SMILES string of the molecule is Cn1cc2c(c1)-c1nc-2c(-c2ccccc2)c2ccc([n-]2)c(-c2ccccc2)c2nc(c(-c3ccccc3)c3ccc([n-]3)c1-c1ccccc1)C=C2.[Ni+2]. The van der Waals surface area contributed by atoms with Crippen LogP contribution >= 0.6 is 0 Å². The summed E-state index contributed by atoms with van der Waals surface area (Å²) >= 11 is 0. The second-order valence-corrected chi connectivity index (χ2v) is 13.2. The molecule has 0 radical (unpaired) electrons. The van der Waals surface area contributed by atoms with Gasteiger partial charge in [-0.05, 0) is 56.7 Å². The van der Waals surface area contributed by atoms with Gasteiger partial charge in [-0.2, -0.15) is 0 Å². The average Bonchev–Trinajstić information content (AvgIpc) is 4.04. The molecule has 0 atom stereocenters. The molecule has 53 heavy (non-hydrogen) atoms. The van der Waals surface area contributed by atoms with Crippen molar-refractivity contribution in [3.8, 4) is 67.0 Å². The van der Waals surface area contributed by atoms with Crippen LogP contribution in [0, 0.1) is 0 Å². The van der Waals surface area contributed by atoms with E-state index in [0.29, 0.717) is 0 Å². The largest absolute Gasteiger partial charge is 2.00 e. The van der Waals surface area contributed by atoms with Gasteiger partial charge in [-0.15, -0.1) is 22.1 Å². The van der Waals surface area contributed by atoms with Crippen molar-refractivity contribution in [3.63, 3.8) is 0 Å². The van der Waals surface area contributed by atoms with Gasteiger partial charge in [-0.25, -0.2) is 9.97 Å². The van der Waals surface area contributed by atoms with E-state index in [-0.39, 0.29) is 16.5 Å². The number of aryl methyl sites for hydroxylation is 1. The smallest absolute Gasteiger partial charge is 0.657 e. The van der Waals surface area contributed by atoms with Crippen LogP contribution < -0.4 is 9.97 Å². The first-order chi connectivity index (χ1) is 25.7. The summed E-state index contributed by atoms with van der Waals surface area (Å²) in [5.41, 5.74) is 17.2. The van der Waals surface area contributed by atoms with Gasteiger partial charge in [0.15, 0.2) is 0 Å². The summed E-state index contributed by atoms with van der Waals surface area (Å²) in [5.74, 6) is 0. The Morgan fingerprint density at radius 1 is 0.396 bits per heavy atom. The minimum Gasteiger partial charge on any atom is -0.657 e. The number of benzene rings is 4. The molecule has 4 aromatic carbocycles. The second kappa shape index (κ2) is 13.2. The minimum absolute atomic E-state index is 0. The molecule has 4 aromatic heterocycles. The van der Waals surface area contributed by atoms with Gasteiger partial charge >= 0.3 is 16.5 Å². The van der Waals surface area contributed by atoms with E-state index >= 15 is 0 Å². The topological polar surface area (TPSA) is 58.9 Å². The normalized spacial score (nSPS) is 11.6. The molecule has 8 bridgehead atoms. The Morgan fingerprint density at radius 3 is 1.08 bits per heavy atom. The molecule has 2 aliphatic heterocycles. The van der Waals surface area contributed by atoms with Gasteiger partial charge in [0.05, 0.1) is 22.8 Å². The molecule has 0 aliphatic carbocycles. The third-order valence-electron chi connectivity index (χ3n) is 9.87. The van der Waals surface area contributed by atoms with Crippen molar-refractivity contribution in [1.82, 2.24) is 24.5 Å². The van der Waals surface area contributed by atoms with Crippen molar-refractivity contribution in [2.45, 2.75) is 0 Å². The number of hydrogen-bond acceptors (Lipinski definition) is 2. The van der Waals surface area contributed by atoms with E-state index in [2.05, 4.69) is 157 Å². The first-order valence-electron chi connectivity index (χ1n) is 17.5. The number of fused-ring (bicyclic) bond motifs is 11. The molecule has 6 heterocycles. The third-order valence-corrected chi connectivity index (χ3v) is 9.87. The summed E-state index contributed by atoms with van der Waals surface area (Å²) < 4.78 is 2.12. The Morgan fingerprint density at radius 2 is 0.717 bits per heavy atom. The van der Waals surface area contributed by atoms with Crippen molar-refractivity contribution >= 4 is 34.2 Å². The standard InChI is InChI=1S/C47H31N5.Ni/c1-52-28-34-35(29-52)47-45(33-20-12-5-13-21-33)41-27-25-39(50-41)43(31-16-8-3-9-17-31)37-23-22-36(48-37)42(30-14-6-2-7-15-30)38-24-26-40(49-38)44(46(34)51-47)32-18-10-4-11-19-32;/h2-29H,1H3;/q-2;+2. The quantitative estimate of drug-likeness (QED) is 0.170. The molecule has 10 rings (SSSR count). The maximum atomic E-state index is 5.58. The van der Waals surface area contributed by atoms with E-state index in [9.17, 15) is 0 Å². The number of hydrogen-bond donors (Lipinski definition) is 0. The molecule has 0 saturated carbocycles. The van der Waals surface area contributed by atoms with Crippen molar-refractivity contribution in [2.75, 3.05) is 0 Å². The van der Waals surface area contributed by atoms with E-state index in [4.69, 9.17) is 19.9 Å². The molecular formula is C47H31N5Ni. The average molecular weight is 724 g/mol. The van der Waals surface area contributed by atoms with Crippen molar-refractivity contribution in [3.05, 3.63) is 169 Å². The predicted octanol–water partition coefficient (Wildman–Crippen LogP) is 11.1. The minimum atomic E-state index is 0. The van der Waals surface area contributed by atoms with Gasteiger partial charge < -0.3 is 14.5 Å². The van der Waals surface area contributed by atoms with Crippen LogP contribution in [-0.2, 0) is 23.5 Å². The fourth-order valence-electron chi connectivity index (χ4n) is 7.58. The summed E-state index contributed by atoms with van der Waals surface area (Å²) in [7, 11) is 2.07. The monoisotopic (exact) mass is 723 g/mol. The summed E-state index contributed by atoms with van der Waals surface area (Å²) in [5, 5.41) is 0. The Bertz CT molecular complexity index is 2640. The molecule has 0 N–H and O–H groups in total. The zero-order chi connectivity index (χ0) is 34.6. The number of rotatable bonds is 4. The van der Waals surface area contributed by atoms with Gasteiger partial charge in [-0.1, -0.05) is 146 Å². The van der Waals surface area contributed by atoms with E-state index in [1.165, 1.54) is 0 Å². The van der Waals surface area contributed by atoms with Crippen molar-refractivity contribution < 1.29 is 16.5 Å². The molecular weight excluding hydrogens is 693 g/mol. The maximum absolute atomic E-state index is 5.58.